The number of hydrogen-bond acceptors (Lipinski definition) is 6. The molecule has 0 unspecified atom stereocenters. The second-order valence-corrected chi connectivity index (χ2v) is 6.43. The molecule has 6 nitrogen and oxygen atoms in total. The molecule has 3 rings (SSSR count). The van der Waals surface area contributed by atoms with Crippen LogP contribution in [-0.4, -0.2) is 46.3 Å². The molecule has 0 atom stereocenters. The molecule has 0 saturated carbocycles. The number of carbonyl (C=O) groups excluding carboxylic acids is 1. The third-order valence-corrected chi connectivity index (χ3v) is 4.92. The first-order valence-corrected chi connectivity index (χ1v) is 8.58. The Morgan fingerprint density at radius 3 is 2.70 bits per heavy atom. The summed E-state index contributed by atoms with van der Waals surface area (Å²) in [6, 6.07) is 5.49. The van der Waals surface area contributed by atoms with Crippen LogP contribution >= 0.6 is 11.5 Å². The number of benzene rings is 1. The molecule has 1 aliphatic heterocycles. The second kappa shape index (κ2) is 6.54. The fraction of sp³-hybridized carbons (Fsp3) is 0.438. The topological polar surface area (TPSA) is 75.4 Å². The summed E-state index contributed by atoms with van der Waals surface area (Å²) < 4.78 is 4.33. The number of aryl methyl sites for hydroxylation is 2. The molecule has 1 fully saturated rings. The van der Waals surface area contributed by atoms with Gasteiger partial charge in [0, 0.05) is 55.4 Å². The standard InChI is InChI=1S/C16H21N5OS/c1-3-14-18-16(23-19-14)21-8-6-20(7-9-21)15(22)13-10-12(17)5-4-11(13)2/h4-5,10H,3,6-9,17H2,1-2H3. The molecule has 1 saturated heterocycles. The number of nitrogen functional groups attached to an aromatic ring is 1. The average molecular weight is 331 g/mol. The summed E-state index contributed by atoms with van der Waals surface area (Å²) >= 11 is 1.44. The minimum Gasteiger partial charge on any atom is -0.399 e. The third kappa shape index (κ3) is 3.29. The van der Waals surface area contributed by atoms with E-state index in [1.54, 1.807) is 6.07 Å². The third-order valence-electron chi connectivity index (χ3n) is 4.10. The second-order valence-electron chi connectivity index (χ2n) is 5.70. The lowest BCUT2D eigenvalue weighted by Crippen LogP contribution is -2.49. The van der Waals surface area contributed by atoms with Gasteiger partial charge in [-0.3, -0.25) is 4.79 Å². The molecule has 0 radical (unpaired) electrons. The van der Waals surface area contributed by atoms with E-state index in [-0.39, 0.29) is 5.91 Å². The van der Waals surface area contributed by atoms with Crippen molar-refractivity contribution >= 4 is 28.3 Å². The summed E-state index contributed by atoms with van der Waals surface area (Å²) in [6.07, 6.45) is 0.851. The molecule has 122 valence electrons. The summed E-state index contributed by atoms with van der Waals surface area (Å²) in [5.74, 6) is 0.944. The first-order valence-electron chi connectivity index (χ1n) is 7.81. The first kappa shape index (κ1) is 15.7. The van der Waals surface area contributed by atoms with Crippen LogP contribution in [0.25, 0.3) is 0 Å². The number of anilines is 2. The molecule has 2 N–H and O–H groups in total. The Balaban J connectivity index is 1.66. The van der Waals surface area contributed by atoms with Gasteiger partial charge in [0.2, 0.25) is 5.13 Å². The van der Waals surface area contributed by atoms with Crippen molar-refractivity contribution in [3.05, 3.63) is 35.2 Å². The Hall–Kier alpha value is -2.15. The zero-order chi connectivity index (χ0) is 16.4. The van der Waals surface area contributed by atoms with Crippen LogP contribution in [0.4, 0.5) is 10.8 Å². The highest BCUT2D eigenvalue weighted by Gasteiger charge is 2.24. The summed E-state index contributed by atoms with van der Waals surface area (Å²) in [5.41, 5.74) is 8.10. The molecule has 0 spiro atoms. The van der Waals surface area contributed by atoms with E-state index in [1.807, 2.05) is 24.0 Å². The van der Waals surface area contributed by atoms with Crippen LogP contribution in [0, 0.1) is 6.92 Å². The quantitative estimate of drug-likeness (QED) is 0.870. The first-order chi connectivity index (χ1) is 11.1. The molecule has 7 heteroatoms. The molecule has 1 amide bonds. The number of piperazine rings is 1. The number of amides is 1. The molecule has 1 aromatic heterocycles. The van der Waals surface area contributed by atoms with Crippen LogP contribution in [0.3, 0.4) is 0 Å². The number of nitrogens with two attached hydrogens (primary N) is 1. The Bertz CT molecular complexity index is 706. The molecular formula is C16H21N5OS. The van der Waals surface area contributed by atoms with E-state index in [1.165, 1.54) is 11.5 Å². The minimum absolute atomic E-state index is 0.0564. The van der Waals surface area contributed by atoms with E-state index >= 15 is 0 Å². The van der Waals surface area contributed by atoms with Gasteiger partial charge < -0.3 is 15.5 Å². The maximum atomic E-state index is 12.7. The summed E-state index contributed by atoms with van der Waals surface area (Å²) in [6.45, 7) is 6.94. The number of hydrogen-bond donors (Lipinski definition) is 1. The fourth-order valence-corrected chi connectivity index (χ4v) is 3.46. The van der Waals surface area contributed by atoms with Gasteiger partial charge in [0.15, 0.2) is 0 Å². The summed E-state index contributed by atoms with van der Waals surface area (Å²) in [7, 11) is 0. The Labute approximate surface area is 140 Å². The van der Waals surface area contributed by atoms with Crippen molar-refractivity contribution in [1.82, 2.24) is 14.3 Å². The minimum atomic E-state index is 0.0564. The lowest BCUT2D eigenvalue weighted by Gasteiger charge is -2.34. The van der Waals surface area contributed by atoms with Crippen LogP contribution in [0.5, 0.6) is 0 Å². The van der Waals surface area contributed by atoms with E-state index in [4.69, 9.17) is 5.73 Å². The molecule has 1 aliphatic rings. The Morgan fingerprint density at radius 1 is 1.30 bits per heavy atom. The maximum absolute atomic E-state index is 12.7. The van der Waals surface area contributed by atoms with Crippen molar-refractivity contribution < 1.29 is 4.79 Å². The van der Waals surface area contributed by atoms with Crippen molar-refractivity contribution in [1.29, 1.82) is 0 Å². The van der Waals surface area contributed by atoms with Crippen molar-refractivity contribution in [2.45, 2.75) is 20.3 Å². The molecular weight excluding hydrogens is 310 g/mol. The van der Waals surface area contributed by atoms with Gasteiger partial charge in [-0.1, -0.05) is 13.0 Å². The predicted octanol–water partition coefficient (Wildman–Crippen LogP) is 1.95. The zero-order valence-electron chi connectivity index (χ0n) is 13.5. The maximum Gasteiger partial charge on any atom is 0.254 e. The van der Waals surface area contributed by atoms with Crippen LogP contribution < -0.4 is 10.6 Å². The largest absolute Gasteiger partial charge is 0.399 e. The molecule has 1 aromatic carbocycles. The monoisotopic (exact) mass is 331 g/mol. The van der Waals surface area contributed by atoms with E-state index < -0.39 is 0 Å². The lowest BCUT2D eigenvalue weighted by atomic mass is 10.1. The average Bonchev–Trinajstić information content (AvgIpc) is 3.06. The molecule has 23 heavy (non-hydrogen) atoms. The fourth-order valence-electron chi connectivity index (χ4n) is 2.66. The molecule has 2 aromatic rings. The van der Waals surface area contributed by atoms with Crippen LogP contribution in [-0.2, 0) is 6.42 Å². The van der Waals surface area contributed by atoms with Crippen molar-refractivity contribution in [2.75, 3.05) is 36.8 Å². The number of nitrogens with zero attached hydrogens (tertiary/aromatic N) is 4. The van der Waals surface area contributed by atoms with E-state index in [0.29, 0.717) is 24.3 Å². The van der Waals surface area contributed by atoms with Crippen LogP contribution in [0.2, 0.25) is 0 Å². The summed E-state index contributed by atoms with van der Waals surface area (Å²) in [5, 5.41) is 0.953. The zero-order valence-corrected chi connectivity index (χ0v) is 14.3. The van der Waals surface area contributed by atoms with E-state index in [0.717, 1.165) is 36.0 Å². The van der Waals surface area contributed by atoms with Gasteiger partial charge in [-0.05, 0) is 24.6 Å². The number of aromatic nitrogens is 2. The Morgan fingerprint density at radius 2 is 2.04 bits per heavy atom. The molecule has 2 heterocycles. The smallest absolute Gasteiger partial charge is 0.254 e. The van der Waals surface area contributed by atoms with E-state index in [2.05, 4.69) is 21.2 Å². The predicted molar refractivity (Wildman–Crippen MR) is 93.0 cm³/mol. The van der Waals surface area contributed by atoms with Gasteiger partial charge in [-0.25, -0.2) is 4.98 Å². The highest BCUT2D eigenvalue weighted by atomic mass is 32.1. The molecule has 0 bridgehead atoms. The van der Waals surface area contributed by atoms with Gasteiger partial charge in [0.1, 0.15) is 5.82 Å². The van der Waals surface area contributed by atoms with Gasteiger partial charge in [-0.15, -0.1) is 0 Å². The Kier molecular flexibility index (Phi) is 4.47. The van der Waals surface area contributed by atoms with Crippen molar-refractivity contribution in [2.24, 2.45) is 0 Å². The SMILES string of the molecule is CCc1nsc(N2CCN(C(=O)c3cc(N)ccc3C)CC2)n1. The van der Waals surface area contributed by atoms with E-state index in [9.17, 15) is 4.79 Å². The highest BCUT2D eigenvalue weighted by molar-refractivity contribution is 7.09. The van der Waals surface area contributed by atoms with Crippen molar-refractivity contribution in [3.63, 3.8) is 0 Å². The van der Waals surface area contributed by atoms with Gasteiger partial charge in [0.25, 0.3) is 5.91 Å². The van der Waals surface area contributed by atoms with Gasteiger partial charge in [-0.2, -0.15) is 4.37 Å². The number of carbonyl (C=O) groups is 1. The van der Waals surface area contributed by atoms with Crippen LogP contribution in [0.1, 0.15) is 28.7 Å². The van der Waals surface area contributed by atoms with Gasteiger partial charge in [0.05, 0.1) is 0 Å². The van der Waals surface area contributed by atoms with Crippen molar-refractivity contribution in [3.8, 4) is 0 Å². The molecule has 0 aliphatic carbocycles. The van der Waals surface area contributed by atoms with Crippen LogP contribution in [0.15, 0.2) is 18.2 Å². The lowest BCUT2D eigenvalue weighted by molar-refractivity contribution is 0.0746. The summed E-state index contributed by atoms with van der Waals surface area (Å²) in [4.78, 5) is 21.3. The number of rotatable bonds is 3. The highest BCUT2D eigenvalue weighted by Crippen LogP contribution is 2.21. The van der Waals surface area contributed by atoms with Gasteiger partial charge >= 0.3 is 0 Å². The normalized spacial score (nSPS) is 15.0.